The number of hydrogen-bond donors (Lipinski definition) is 1. The molecule has 0 aliphatic carbocycles. The maximum Gasteiger partial charge on any atom is 0.334 e. The summed E-state index contributed by atoms with van der Waals surface area (Å²) in [5, 5.41) is 9.49. The number of aliphatic hydroxyl groups is 1. The van der Waals surface area contributed by atoms with Gasteiger partial charge in [0.15, 0.2) is 6.54 Å². The summed E-state index contributed by atoms with van der Waals surface area (Å²) in [7, 11) is 0. The van der Waals surface area contributed by atoms with E-state index < -0.39 is 0 Å². The number of aliphatic hydroxyl groups excluding tert-OH is 1. The highest BCUT2D eigenvalue weighted by atomic mass is 16.5. The van der Waals surface area contributed by atoms with Crippen LogP contribution in [0.5, 0.6) is 0 Å². The number of rotatable bonds is 6. The maximum absolute atomic E-state index is 11.3. The molecule has 2 aliphatic rings. The zero-order chi connectivity index (χ0) is 12.1. The third-order valence-electron chi connectivity index (χ3n) is 3.38. The second-order valence-electron chi connectivity index (χ2n) is 4.60. The topological polar surface area (TPSA) is 52.8 Å². The molecule has 0 aromatic heterocycles. The number of carbonyl (C=O) groups excluding carboxylic acids is 1. The average Bonchev–Trinajstić information content (AvgIpc) is 2.89. The molecule has 0 saturated carbocycles. The molecule has 0 unspecified atom stereocenters. The van der Waals surface area contributed by atoms with Crippen molar-refractivity contribution in [3.05, 3.63) is 0 Å². The summed E-state index contributed by atoms with van der Waals surface area (Å²) in [5.41, 5.74) is 0. The minimum Gasteiger partial charge on any atom is -0.464 e. The van der Waals surface area contributed by atoms with Crippen LogP contribution in [-0.4, -0.2) is 65.8 Å². The van der Waals surface area contributed by atoms with E-state index in [4.69, 9.17) is 4.74 Å². The van der Waals surface area contributed by atoms with Crippen molar-refractivity contribution in [3.63, 3.8) is 0 Å². The molecule has 1 amide bonds. The number of likely N-dealkylation sites (tertiary alicyclic amines) is 1. The molecule has 0 radical (unpaired) electrons. The summed E-state index contributed by atoms with van der Waals surface area (Å²) in [6, 6.07) is 0. The molecule has 17 heavy (non-hydrogen) atoms. The normalized spacial score (nSPS) is 20.7. The van der Waals surface area contributed by atoms with Crippen molar-refractivity contribution in [1.29, 1.82) is 0 Å². The third kappa shape index (κ3) is 3.43. The molecule has 2 heterocycles. The Morgan fingerprint density at radius 3 is 2.82 bits per heavy atom. The molecule has 0 atom stereocenters. The summed E-state index contributed by atoms with van der Waals surface area (Å²) < 4.78 is 7.45. The fourth-order valence-corrected chi connectivity index (χ4v) is 2.35. The van der Waals surface area contributed by atoms with Crippen molar-refractivity contribution in [2.24, 2.45) is 0 Å². The van der Waals surface area contributed by atoms with E-state index >= 15 is 0 Å². The first kappa shape index (κ1) is 12.4. The molecule has 2 aliphatic heterocycles. The summed E-state index contributed by atoms with van der Waals surface area (Å²) in [6.07, 6.45) is 3.50. The third-order valence-corrected chi connectivity index (χ3v) is 3.38. The van der Waals surface area contributed by atoms with Gasteiger partial charge in [0, 0.05) is 25.9 Å². The first-order valence-electron chi connectivity index (χ1n) is 6.42. The molecule has 5 heteroatoms. The Labute approximate surface area is 102 Å². The molecule has 1 N–H and O–H groups in total. The number of hydrogen-bond acceptors (Lipinski definition) is 2. The van der Waals surface area contributed by atoms with Crippen molar-refractivity contribution < 1.29 is 19.2 Å². The van der Waals surface area contributed by atoms with Crippen LogP contribution in [0.25, 0.3) is 0 Å². The monoisotopic (exact) mass is 241 g/mol. The van der Waals surface area contributed by atoms with Crippen molar-refractivity contribution in [3.8, 4) is 0 Å². The maximum atomic E-state index is 11.3. The Morgan fingerprint density at radius 1 is 1.29 bits per heavy atom. The molecule has 5 nitrogen and oxygen atoms in total. The van der Waals surface area contributed by atoms with Crippen molar-refractivity contribution >= 4 is 11.8 Å². The van der Waals surface area contributed by atoms with Gasteiger partial charge in [0.25, 0.3) is 0 Å². The van der Waals surface area contributed by atoms with Crippen molar-refractivity contribution in [2.45, 2.75) is 25.7 Å². The molecule has 0 aromatic rings. The number of amides is 1. The van der Waals surface area contributed by atoms with Gasteiger partial charge in [0.1, 0.15) is 13.2 Å². The number of carbonyl (C=O) groups is 1. The Hall–Kier alpha value is -1.10. The van der Waals surface area contributed by atoms with Crippen LogP contribution in [0.2, 0.25) is 0 Å². The highest BCUT2D eigenvalue weighted by molar-refractivity contribution is 5.78. The summed E-state index contributed by atoms with van der Waals surface area (Å²) in [5.74, 6) is 0.738. The second-order valence-corrected chi connectivity index (χ2v) is 4.60. The fraction of sp³-hybridized carbons (Fsp3) is 0.833. The van der Waals surface area contributed by atoms with Gasteiger partial charge >= 0.3 is 5.90 Å². The Bertz CT molecular complexity index is 315. The SMILES string of the molecule is O=C1CCCN1CCOCC[N+]1=C(O)CCC1. The lowest BCUT2D eigenvalue weighted by Gasteiger charge is -2.14. The van der Waals surface area contributed by atoms with Crippen LogP contribution >= 0.6 is 0 Å². The summed E-state index contributed by atoms with van der Waals surface area (Å²) in [4.78, 5) is 13.2. The molecule has 1 saturated heterocycles. The van der Waals surface area contributed by atoms with E-state index in [0.29, 0.717) is 32.1 Å². The second kappa shape index (κ2) is 6.00. The molecular formula is C12H21N2O3+. The first-order valence-corrected chi connectivity index (χ1v) is 6.42. The van der Waals surface area contributed by atoms with Gasteiger partial charge in [-0.3, -0.25) is 4.79 Å². The van der Waals surface area contributed by atoms with Gasteiger partial charge in [-0.15, -0.1) is 0 Å². The minimum absolute atomic E-state index is 0.249. The predicted molar refractivity (Wildman–Crippen MR) is 63.5 cm³/mol. The van der Waals surface area contributed by atoms with Gasteiger partial charge in [0.2, 0.25) is 5.91 Å². The lowest BCUT2D eigenvalue weighted by molar-refractivity contribution is -0.529. The highest BCUT2D eigenvalue weighted by Crippen LogP contribution is 2.08. The minimum atomic E-state index is 0.249. The largest absolute Gasteiger partial charge is 0.464 e. The fourth-order valence-electron chi connectivity index (χ4n) is 2.35. The van der Waals surface area contributed by atoms with Crippen LogP contribution < -0.4 is 0 Å². The van der Waals surface area contributed by atoms with Gasteiger partial charge in [-0.1, -0.05) is 0 Å². The number of nitrogens with zero attached hydrogens (tertiary/aromatic N) is 2. The smallest absolute Gasteiger partial charge is 0.334 e. The van der Waals surface area contributed by atoms with Crippen LogP contribution in [-0.2, 0) is 9.53 Å². The van der Waals surface area contributed by atoms with Crippen molar-refractivity contribution in [2.75, 3.05) is 39.4 Å². The van der Waals surface area contributed by atoms with E-state index in [1.165, 1.54) is 0 Å². The van der Waals surface area contributed by atoms with Crippen LogP contribution in [0.3, 0.4) is 0 Å². The van der Waals surface area contributed by atoms with Crippen LogP contribution in [0.1, 0.15) is 25.7 Å². The zero-order valence-electron chi connectivity index (χ0n) is 10.2. The molecule has 1 fully saturated rings. The predicted octanol–water partition coefficient (Wildman–Crippen LogP) is 0.388. The zero-order valence-corrected chi connectivity index (χ0v) is 10.2. The van der Waals surface area contributed by atoms with E-state index in [-0.39, 0.29) is 5.91 Å². The van der Waals surface area contributed by atoms with E-state index in [2.05, 4.69) is 0 Å². The molecule has 96 valence electrons. The quantitative estimate of drug-likeness (QED) is 0.540. The van der Waals surface area contributed by atoms with Gasteiger partial charge in [0.05, 0.1) is 13.0 Å². The van der Waals surface area contributed by atoms with E-state index in [0.717, 1.165) is 38.9 Å². The first-order chi connectivity index (χ1) is 8.27. The molecule has 0 bridgehead atoms. The van der Waals surface area contributed by atoms with Crippen molar-refractivity contribution in [1.82, 2.24) is 4.90 Å². The standard InChI is InChI=1S/C12H20N2O3/c15-11-3-1-5-13(11)7-9-17-10-8-14-6-2-4-12(14)16/h1-10H2/p+1. The number of ether oxygens (including phenoxy) is 1. The lowest BCUT2D eigenvalue weighted by Crippen LogP contribution is -2.29. The molecule has 2 rings (SSSR count). The Kier molecular flexibility index (Phi) is 4.36. The van der Waals surface area contributed by atoms with Gasteiger partial charge in [-0.05, 0) is 6.42 Å². The molecule has 0 spiro atoms. The molecular weight excluding hydrogens is 220 g/mol. The van der Waals surface area contributed by atoms with Crippen LogP contribution in [0.15, 0.2) is 0 Å². The average molecular weight is 241 g/mol. The Balaban J connectivity index is 1.54. The summed E-state index contributed by atoms with van der Waals surface area (Å²) in [6.45, 7) is 4.48. The molecule has 0 aromatic carbocycles. The van der Waals surface area contributed by atoms with Crippen LogP contribution in [0, 0.1) is 0 Å². The van der Waals surface area contributed by atoms with E-state index in [9.17, 15) is 9.90 Å². The van der Waals surface area contributed by atoms with Gasteiger partial charge in [-0.25, -0.2) is 4.58 Å². The highest BCUT2D eigenvalue weighted by Gasteiger charge is 2.21. The van der Waals surface area contributed by atoms with E-state index in [1.807, 2.05) is 9.48 Å². The van der Waals surface area contributed by atoms with E-state index in [1.54, 1.807) is 0 Å². The van der Waals surface area contributed by atoms with Crippen LogP contribution in [0.4, 0.5) is 0 Å². The Morgan fingerprint density at radius 2 is 2.18 bits per heavy atom. The van der Waals surface area contributed by atoms with Gasteiger partial charge < -0.3 is 14.7 Å². The summed E-state index contributed by atoms with van der Waals surface area (Å²) >= 11 is 0. The lowest BCUT2D eigenvalue weighted by atomic mass is 10.4. The van der Waals surface area contributed by atoms with Gasteiger partial charge in [-0.2, -0.15) is 0 Å².